The predicted octanol–water partition coefficient (Wildman–Crippen LogP) is 4.48. The first-order valence-electron chi connectivity index (χ1n) is 7.07. The van der Waals surface area contributed by atoms with Crippen molar-refractivity contribution in [1.82, 2.24) is 0 Å². The van der Waals surface area contributed by atoms with Crippen LogP contribution in [0.3, 0.4) is 0 Å². The SMILES string of the molecule is CCC(=O)CS(=O)(=O)C(c1ccc(Cl)cc1)c1ccc(Cl)cc1. The molecule has 23 heavy (non-hydrogen) atoms. The number of halogens is 2. The summed E-state index contributed by atoms with van der Waals surface area (Å²) in [5.74, 6) is -0.794. The van der Waals surface area contributed by atoms with Gasteiger partial charge in [0.2, 0.25) is 0 Å². The summed E-state index contributed by atoms with van der Waals surface area (Å²) in [5.41, 5.74) is 1.14. The first kappa shape index (κ1) is 18.0. The van der Waals surface area contributed by atoms with E-state index in [4.69, 9.17) is 23.2 Å². The zero-order valence-corrected chi connectivity index (χ0v) is 14.8. The van der Waals surface area contributed by atoms with Gasteiger partial charge < -0.3 is 0 Å². The molecule has 0 radical (unpaired) electrons. The fraction of sp³-hybridized carbons (Fsp3) is 0.235. The van der Waals surface area contributed by atoms with Gasteiger partial charge in [-0.3, -0.25) is 4.79 Å². The first-order valence-corrected chi connectivity index (χ1v) is 9.55. The lowest BCUT2D eigenvalue weighted by Crippen LogP contribution is -2.23. The Morgan fingerprint density at radius 2 is 1.30 bits per heavy atom. The molecule has 0 atom stereocenters. The number of benzene rings is 2. The van der Waals surface area contributed by atoms with Gasteiger partial charge in [0.05, 0.1) is 0 Å². The molecule has 0 saturated carbocycles. The third kappa shape index (κ3) is 4.56. The number of hydrogen-bond acceptors (Lipinski definition) is 3. The quantitative estimate of drug-likeness (QED) is 0.753. The van der Waals surface area contributed by atoms with E-state index in [9.17, 15) is 13.2 Å². The van der Waals surface area contributed by atoms with Gasteiger partial charge in [0, 0.05) is 16.5 Å². The summed E-state index contributed by atoms with van der Waals surface area (Å²) in [6.45, 7) is 1.65. The molecule has 2 rings (SSSR count). The van der Waals surface area contributed by atoms with Crippen molar-refractivity contribution in [3.63, 3.8) is 0 Å². The molecule has 0 unspecified atom stereocenters. The Balaban J connectivity index is 2.53. The third-order valence-corrected chi connectivity index (χ3v) is 5.95. The summed E-state index contributed by atoms with van der Waals surface area (Å²) in [6.07, 6.45) is 0.188. The minimum atomic E-state index is -3.70. The molecule has 2 aromatic rings. The summed E-state index contributed by atoms with van der Waals surface area (Å²) in [4.78, 5) is 11.7. The lowest BCUT2D eigenvalue weighted by atomic mass is 10.0. The Morgan fingerprint density at radius 3 is 1.65 bits per heavy atom. The minimum Gasteiger partial charge on any atom is -0.299 e. The Kier molecular flexibility index (Phi) is 5.84. The highest BCUT2D eigenvalue weighted by Crippen LogP contribution is 2.32. The van der Waals surface area contributed by atoms with Crippen LogP contribution in [0.2, 0.25) is 10.0 Å². The topological polar surface area (TPSA) is 51.2 Å². The molecule has 0 aliphatic heterocycles. The van der Waals surface area contributed by atoms with Crippen LogP contribution in [0.15, 0.2) is 48.5 Å². The molecule has 0 aliphatic rings. The van der Waals surface area contributed by atoms with Crippen LogP contribution in [-0.4, -0.2) is 20.0 Å². The van der Waals surface area contributed by atoms with Crippen molar-refractivity contribution in [2.24, 2.45) is 0 Å². The van der Waals surface area contributed by atoms with Crippen LogP contribution in [0, 0.1) is 0 Å². The number of ketones is 1. The summed E-state index contributed by atoms with van der Waals surface area (Å²) < 4.78 is 25.6. The Labute approximate surface area is 146 Å². The Bertz CT molecular complexity index is 736. The molecule has 0 saturated heterocycles. The molecule has 0 aromatic heterocycles. The number of carbonyl (C=O) groups is 1. The molecular formula is C17H16Cl2O3S. The van der Waals surface area contributed by atoms with Crippen LogP contribution in [-0.2, 0) is 14.6 Å². The maximum absolute atomic E-state index is 12.8. The third-order valence-electron chi connectivity index (χ3n) is 3.46. The molecule has 2 aromatic carbocycles. The Hall–Kier alpha value is -1.36. The van der Waals surface area contributed by atoms with Gasteiger partial charge in [-0.2, -0.15) is 0 Å². The van der Waals surface area contributed by atoms with Crippen molar-refractivity contribution >= 4 is 38.8 Å². The molecule has 0 spiro atoms. The van der Waals surface area contributed by atoms with E-state index >= 15 is 0 Å². The Morgan fingerprint density at radius 1 is 0.913 bits per heavy atom. The summed E-state index contributed by atoms with van der Waals surface area (Å²) in [7, 11) is -3.70. The molecule has 0 fully saturated rings. The van der Waals surface area contributed by atoms with E-state index in [2.05, 4.69) is 0 Å². The second-order valence-corrected chi connectivity index (χ2v) is 8.14. The van der Waals surface area contributed by atoms with E-state index < -0.39 is 20.8 Å². The van der Waals surface area contributed by atoms with Gasteiger partial charge in [-0.1, -0.05) is 54.4 Å². The van der Waals surface area contributed by atoms with Crippen LogP contribution in [0.4, 0.5) is 0 Å². The van der Waals surface area contributed by atoms with E-state index in [1.54, 1.807) is 55.5 Å². The van der Waals surface area contributed by atoms with E-state index in [0.717, 1.165) is 0 Å². The molecular weight excluding hydrogens is 355 g/mol. The van der Waals surface area contributed by atoms with Crippen LogP contribution >= 0.6 is 23.2 Å². The molecule has 0 heterocycles. The molecule has 0 N–H and O–H groups in total. The predicted molar refractivity (Wildman–Crippen MR) is 93.8 cm³/mol. The van der Waals surface area contributed by atoms with Gasteiger partial charge in [-0.05, 0) is 35.4 Å². The summed E-state index contributed by atoms with van der Waals surface area (Å²) in [6, 6.07) is 13.2. The van der Waals surface area contributed by atoms with Gasteiger partial charge in [0.15, 0.2) is 9.84 Å². The number of hydrogen-bond donors (Lipinski definition) is 0. The largest absolute Gasteiger partial charge is 0.299 e. The highest BCUT2D eigenvalue weighted by Gasteiger charge is 2.30. The number of rotatable bonds is 6. The number of sulfone groups is 1. The van der Waals surface area contributed by atoms with Gasteiger partial charge >= 0.3 is 0 Å². The molecule has 3 nitrogen and oxygen atoms in total. The molecule has 122 valence electrons. The van der Waals surface area contributed by atoms with Gasteiger partial charge in [0.25, 0.3) is 0 Å². The van der Waals surface area contributed by atoms with Crippen LogP contribution in [0.25, 0.3) is 0 Å². The van der Waals surface area contributed by atoms with E-state index in [1.807, 2.05) is 0 Å². The normalized spacial score (nSPS) is 11.7. The van der Waals surface area contributed by atoms with Gasteiger partial charge in [-0.15, -0.1) is 0 Å². The molecule has 0 amide bonds. The lowest BCUT2D eigenvalue weighted by Gasteiger charge is -2.18. The van der Waals surface area contributed by atoms with Crippen LogP contribution in [0.5, 0.6) is 0 Å². The van der Waals surface area contributed by atoms with Crippen molar-refractivity contribution in [2.45, 2.75) is 18.6 Å². The van der Waals surface area contributed by atoms with Crippen LogP contribution in [0.1, 0.15) is 29.7 Å². The number of carbonyl (C=O) groups excluding carboxylic acids is 1. The lowest BCUT2D eigenvalue weighted by molar-refractivity contribution is -0.116. The maximum atomic E-state index is 12.8. The van der Waals surface area contributed by atoms with E-state index in [0.29, 0.717) is 21.2 Å². The second kappa shape index (κ2) is 7.47. The maximum Gasteiger partial charge on any atom is 0.168 e. The van der Waals surface area contributed by atoms with Crippen molar-refractivity contribution in [1.29, 1.82) is 0 Å². The zero-order valence-electron chi connectivity index (χ0n) is 12.5. The van der Waals surface area contributed by atoms with Crippen molar-refractivity contribution in [3.05, 3.63) is 69.7 Å². The van der Waals surface area contributed by atoms with Crippen molar-refractivity contribution in [2.75, 3.05) is 5.75 Å². The minimum absolute atomic E-state index is 0.188. The second-order valence-electron chi connectivity index (χ2n) is 5.18. The molecule has 0 bridgehead atoms. The van der Waals surface area contributed by atoms with Gasteiger partial charge in [-0.25, -0.2) is 8.42 Å². The summed E-state index contributed by atoms with van der Waals surface area (Å²) >= 11 is 11.8. The molecule has 0 aliphatic carbocycles. The standard InChI is InChI=1S/C17H16Cl2O3S/c1-2-16(20)11-23(21,22)17(12-3-7-14(18)8-4-12)13-5-9-15(19)10-6-13/h3-10,17H,2,11H2,1H3. The number of Topliss-reactive ketones (excluding diaryl/α,β-unsaturated/α-hetero) is 1. The fourth-order valence-electron chi connectivity index (χ4n) is 2.29. The highest BCUT2D eigenvalue weighted by atomic mass is 35.5. The highest BCUT2D eigenvalue weighted by molar-refractivity contribution is 7.92. The van der Waals surface area contributed by atoms with Gasteiger partial charge in [0.1, 0.15) is 16.8 Å². The van der Waals surface area contributed by atoms with Crippen LogP contribution < -0.4 is 0 Å². The monoisotopic (exact) mass is 370 g/mol. The zero-order chi connectivity index (χ0) is 17.0. The summed E-state index contributed by atoms with van der Waals surface area (Å²) in [5, 5.41) is 0.115. The van der Waals surface area contributed by atoms with E-state index in [1.165, 1.54) is 0 Å². The van der Waals surface area contributed by atoms with Crippen molar-refractivity contribution in [3.8, 4) is 0 Å². The average Bonchev–Trinajstić information content (AvgIpc) is 2.50. The smallest absolute Gasteiger partial charge is 0.168 e. The molecule has 6 heteroatoms. The fourth-order valence-corrected chi connectivity index (χ4v) is 4.51. The van der Waals surface area contributed by atoms with Crippen molar-refractivity contribution < 1.29 is 13.2 Å². The average molecular weight is 371 g/mol. The first-order chi connectivity index (χ1) is 10.8. The van der Waals surface area contributed by atoms with E-state index in [-0.39, 0.29) is 12.2 Å².